The summed E-state index contributed by atoms with van der Waals surface area (Å²) >= 11 is 0. The van der Waals surface area contributed by atoms with Crippen molar-refractivity contribution in [3.05, 3.63) is 194 Å². The Morgan fingerprint density at radius 2 is 0.560 bits per heavy atom. The molecule has 0 radical (unpaired) electrons. The van der Waals surface area contributed by atoms with E-state index >= 15 is 0 Å². The van der Waals surface area contributed by atoms with Gasteiger partial charge >= 0.3 is 0 Å². The van der Waals surface area contributed by atoms with Gasteiger partial charge in [0.25, 0.3) is 0 Å². The van der Waals surface area contributed by atoms with Gasteiger partial charge in [0.15, 0.2) is 0 Å². The fourth-order valence-corrected chi connectivity index (χ4v) is 8.24. The van der Waals surface area contributed by atoms with Gasteiger partial charge in [-0.05, 0) is 111 Å². The zero-order chi connectivity index (χ0) is 33.0. The summed E-state index contributed by atoms with van der Waals surface area (Å²) in [7, 11) is 0. The van der Waals surface area contributed by atoms with E-state index in [0.29, 0.717) is 0 Å². The minimum Gasteiger partial charge on any atom is -0.0622 e. The van der Waals surface area contributed by atoms with Crippen LogP contribution in [0.3, 0.4) is 0 Å². The van der Waals surface area contributed by atoms with E-state index in [0.717, 1.165) is 0 Å². The van der Waals surface area contributed by atoms with Crippen LogP contribution in [0.5, 0.6) is 0 Å². The van der Waals surface area contributed by atoms with E-state index in [1.165, 1.54) is 98.4 Å². The molecule has 10 aromatic carbocycles. The van der Waals surface area contributed by atoms with Gasteiger partial charge in [-0.25, -0.2) is 0 Å². The summed E-state index contributed by atoms with van der Waals surface area (Å²) in [5.41, 5.74) is 9.91. The minimum atomic E-state index is 1.21. The molecular weight excluding hydrogens is 601 g/mol. The fourth-order valence-electron chi connectivity index (χ4n) is 8.24. The first kappa shape index (κ1) is 28.5. The molecular formula is C50H32. The molecule has 0 spiro atoms. The van der Waals surface area contributed by atoms with Gasteiger partial charge < -0.3 is 0 Å². The highest BCUT2D eigenvalue weighted by Crippen LogP contribution is 2.46. The summed E-state index contributed by atoms with van der Waals surface area (Å²) in [5.74, 6) is 0. The van der Waals surface area contributed by atoms with Crippen molar-refractivity contribution in [3.8, 4) is 44.5 Å². The Labute approximate surface area is 291 Å². The number of rotatable bonds is 4. The van der Waals surface area contributed by atoms with Gasteiger partial charge in [0, 0.05) is 0 Å². The molecule has 0 amide bonds. The van der Waals surface area contributed by atoms with Crippen LogP contribution in [-0.4, -0.2) is 0 Å². The van der Waals surface area contributed by atoms with Gasteiger partial charge in [-0.15, -0.1) is 0 Å². The topological polar surface area (TPSA) is 0 Å². The Balaban J connectivity index is 1.28. The lowest BCUT2D eigenvalue weighted by Crippen LogP contribution is -1.92. The van der Waals surface area contributed by atoms with E-state index in [1.807, 2.05) is 0 Å². The van der Waals surface area contributed by atoms with E-state index in [2.05, 4.69) is 194 Å². The summed E-state index contributed by atoms with van der Waals surface area (Å²) in [4.78, 5) is 0. The highest BCUT2D eigenvalue weighted by molar-refractivity contribution is 6.26. The zero-order valence-corrected chi connectivity index (χ0v) is 27.5. The molecule has 10 rings (SSSR count). The van der Waals surface area contributed by atoms with Crippen molar-refractivity contribution in [3.63, 3.8) is 0 Å². The van der Waals surface area contributed by atoms with Crippen LogP contribution in [0.25, 0.3) is 98.4 Å². The molecule has 0 atom stereocenters. The highest BCUT2D eigenvalue weighted by Gasteiger charge is 2.19. The number of hydrogen-bond acceptors (Lipinski definition) is 0. The molecule has 50 heavy (non-hydrogen) atoms. The third kappa shape index (κ3) is 4.46. The molecule has 0 aliphatic carbocycles. The van der Waals surface area contributed by atoms with E-state index in [4.69, 9.17) is 0 Å². The van der Waals surface area contributed by atoms with Crippen LogP contribution in [0.1, 0.15) is 0 Å². The Morgan fingerprint density at radius 1 is 0.180 bits per heavy atom. The summed E-state index contributed by atoms with van der Waals surface area (Å²) < 4.78 is 0. The van der Waals surface area contributed by atoms with Crippen molar-refractivity contribution >= 4 is 53.9 Å². The molecule has 0 aliphatic heterocycles. The molecule has 0 aromatic heterocycles. The average molecular weight is 633 g/mol. The number of fused-ring (bicyclic) bond motifs is 8. The quantitative estimate of drug-likeness (QED) is 0.134. The highest BCUT2D eigenvalue weighted by atomic mass is 14.2. The van der Waals surface area contributed by atoms with Crippen LogP contribution in [0.4, 0.5) is 0 Å². The first-order valence-electron chi connectivity index (χ1n) is 17.4. The van der Waals surface area contributed by atoms with Crippen LogP contribution in [0.15, 0.2) is 194 Å². The maximum absolute atomic E-state index is 2.43. The minimum absolute atomic E-state index is 1.21. The van der Waals surface area contributed by atoms with Crippen molar-refractivity contribution in [1.29, 1.82) is 0 Å². The molecule has 0 heteroatoms. The fraction of sp³-hybridized carbons (Fsp3) is 0. The zero-order valence-electron chi connectivity index (χ0n) is 27.5. The van der Waals surface area contributed by atoms with Crippen molar-refractivity contribution < 1.29 is 0 Å². The number of benzene rings is 10. The predicted molar refractivity (Wildman–Crippen MR) is 216 cm³/mol. The molecule has 0 saturated heterocycles. The molecule has 0 saturated carbocycles. The Hall–Kier alpha value is -6.50. The van der Waals surface area contributed by atoms with E-state index in [9.17, 15) is 0 Å². The lowest BCUT2D eigenvalue weighted by atomic mass is 9.84. The molecule has 10 aromatic rings. The Kier molecular flexibility index (Phi) is 6.60. The molecule has 0 aliphatic rings. The first-order valence-corrected chi connectivity index (χ1v) is 17.4. The van der Waals surface area contributed by atoms with Crippen LogP contribution < -0.4 is 0 Å². The summed E-state index contributed by atoms with van der Waals surface area (Å²) in [6.45, 7) is 0. The maximum atomic E-state index is 2.43. The van der Waals surface area contributed by atoms with Crippen LogP contribution >= 0.6 is 0 Å². The van der Waals surface area contributed by atoms with Crippen LogP contribution in [-0.2, 0) is 0 Å². The second kappa shape index (κ2) is 11.6. The third-order valence-corrected chi connectivity index (χ3v) is 10.4. The maximum Gasteiger partial charge on any atom is -0.00261 e. The lowest BCUT2D eigenvalue weighted by molar-refractivity contribution is 1.59. The first-order chi connectivity index (χ1) is 24.8. The van der Waals surface area contributed by atoms with Gasteiger partial charge in [0.2, 0.25) is 0 Å². The van der Waals surface area contributed by atoms with Crippen molar-refractivity contribution in [2.45, 2.75) is 0 Å². The lowest BCUT2D eigenvalue weighted by Gasteiger charge is -2.19. The van der Waals surface area contributed by atoms with E-state index in [1.54, 1.807) is 0 Å². The predicted octanol–water partition coefficient (Wildman–Crippen LogP) is 14.1. The molecule has 0 fully saturated rings. The monoisotopic (exact) mass is 632 g/mol. The third-order valence-electron chi connectivity index (χ3n) is 10.4. The summed E-state index contributed by atoms with van der Waals surface area (Å²) in [6, 6.07) is 71.3. The SMILES string of the molecule is c1ccc(-c2ccc(-c3c4ccccc4c(-c4ccccc4)c4ccccc34)cc2-c2ccc3c4ccccc4c4ccccc4c3c2)cc1. The molecule has 0 unspecified atom stereocenters. The Bertz CT molecular complexity index is 2810. The van der Waals surface area contributed by atoms with Crippen molar-refractivity contribution in [2.24, 2.45) is 0 Å². The molecule has 0 nitrogen and oxygen atoms in total. The van der Waals surface area contributed by atoms with Gasteiger partial charge in [0.1, 0.15) is 0 Å². The summed E-state index contributed by atoms with van der Waals surface area (Å²) in [5, 5.41) is 12.8. The van der Waals surface area contributed by atoms with Crippen LogP contribution in [0.2, 0.25) is 0 Å². The molecule has 0 N–H and O–H groups in total. The van der Waals surface area contributed by atoms with Crippen molar-refractivity contribution in [2.75, 3.05) is 0 Å². The van der Waals surface area contributed by atoms with Crippen molar-refractivity contribution in [1.82, 2.24) is 0 Å². The van der Waals surface area contributed by atoms with Gasteiger partial charge in [-0.2, -0.15) is 0 Å². The van der Waals surface area contributed by atoms with Gasteiger partial charge in [-0.1, -0.05) is 182 Å². The normalized spacial score (nSPS) is 11.6. The Morgan fingerprint density at radius 3 is 1.08 bits per heavy atom. The van der Waals surface area contributed by atoms with E-state index < -0.39 is 0 Å². The largest absolute Gasteiger partial charge is 0.0622 e. The smallest absolute Gasteiger partial charge is 0.00261 e. The average Bonchev–Trinajstić information content (AvgIpc) is 3.20. The standard InChI is InChI=1S/C50H32/c1-3-15-33(16-4-1)37-29-28-36(50-45-25-13-11-23-43(45)49(34-17-5-2-6-18-34)44-24-12-14-26-46(44)50)32-47(37)35-27-30-42-40-21-8-7-19-38(40)39-20-9-10-22-41(39)48(42)31-35/h1-32H. The number of hydrogen-bond donors (Lipinski definition) is 0. The van der Waals surface area contributed by atoms with Crippen LogP contribution in [0, 0.1) is 0 Å². The van der Waals surface area contributed by atoms with Gasteiger partial charge in [-0.3, -0.25) is 0 Å². The molecule has 232 valence electrons. The van der Waals surface area contributed by atoms with E-state index in [-0.39, 0.29) is 0 Å². The second-order valence-corrected chi connectivity index (χ2v) is 13.2. The second-order valence-electron chi connectivity index (χ2n) is 13.2. The molecule has 0 bridgehead atoms. The summed E-state index contributed by atoms with van der Waals surface area (Å²) in [6.07, 6.45) is 0. The van der Waals surface area contributed by atoms with Gasteiger partial charge in [0.05, 0.1) is 0 Å². The molecule has 0 heterocycles.